The molecule has 16 rings (SSSR count). The Balaban J connectivity index is 0.000000165. The van der Waals surface area contributed by atoms with Crippen LogP contribution in [0, 0.1) is 0 Å². The van der Waals surface area contributed by atoms with Gasteiger partial charge in [0, 0.05) is 126 Å². The maximum absolute atomic E-state index is 11.9. The number of nitrogens with zero attached hydrogens (tertiary/aromatic N) is 9. The zero-order chi connectivity index (χ0) is 94.0. The number of amides is 3. The maximum Gasteiger partial charge on any atom is 0.319 e. The molecule has 0 unspecified atom stereocenters. The first-order valence-electron chi connectivity index (χ1n) is 47.4. The first-order valence-corrected chi connectivity index (χ1v) is 50.8. The minimum Gasteiger partial charge on any atom is -0.395 e. The second-order valence-corrected chi connectivity index (χ2v) is 43.6. The molecule has 3 amide bonds. The Bertz CT molecular complexity index is 4990. The largest absolute Gasteiger partial charge is 0.395 e. The topological polar surface area (TPSA) is 204 Å². The summed E-state index contributed by atoms with van der Waals surface area (Å²) in [6.45, 7) is 55.5. The molecule has 8 aromatic rings. The smallest absolute Gasteiger partial charge is 0.319 e. The number of nitrogens with two attached hydrogens (primary N) is 2. The molecule has 128 heavy (non-hydrogen) atoms. The van der Waals surface area contributed by atoms with Gasteiger partial charge in [-0.05, 0) is 260 Å². The third kappa shape index (κ3) is 29.3. The van der Waals surface area contributed by atoms with Crippen molar-refractivity contribution in [1.82, 2.24) is 43.0 Å². The van der Waals surface area contributed by atoms with Gasteiger partial charge in [-0.1, -0.05) is 256 Å². The van der Waals surface area contributed by atoms with E-state index in [2.05, 4.69) is 293 Å². The average Bonchev–Trinajstić information content (AvgIpc) is 0.759. The van der Waals surface area contributed by atoms with Crippen molar-refractivity contribution in [3.8, 4) is 0 Å². The highest BCUT2D eigenvalue weighted by Crippen LogP contribution is 2.38. The lowest BCUT2D eigenvalue weighted by atomic mass is 9.81. The molecule has 0 aliphatic carbocycles. The number of rotatable bonds is 12. The van der Waals surface area contributed by atoms with Crippen molar-refractivity contribution in [2.75, 3.05) is 100.0 Å². The van der Waals surface area contributed by atoms with E-state index in [4.69, 9.17) is 16.1 Å². The molecule has 8 aliphatic heterocycles. The van der Waals surface area contributed by atoms with Crippen LogP contribution >= 0.6 is 0 Å². The Morgan fingerprint density at radius 1 is 0.375 bits per heavy atom. The summed E-state index contributed by atoms with van der Waals surface area (Å²) >= 11 is 0. The molecule has 0 saturated carbocycles. The van der Waals surface area contributed by atoms with E-state index in [1.807, 2.05) is 20.9 Å². The number of hydrogen-bond acceptors (Lipinski definition) is 12. The number of aliphatic hydroxyl groups is 1. The lowest BCUT2D eigenvalue weighted by Gasteiger charge is -2.43. The van der Waals surface area contributed by atoms with Crippen LogP contribution in [0.1, 0.15) is 312 Å². The van der Waals surface area contributed by atoms with Gasteiger partial charge in [0.2, 0.25) is 15.9 Å². The summed E-state index contributed by atoms with van der Waals surface area (Å²) in [7, 11) is 1.37. The second kappa shape index (κ2) is 46.9. The van der Waals surface area contributed by atoms with Gasteiger partial charge >= 0.3 is 6.03 Å². The van der Waals surface area contributed by atoms with Crippen LogP contribution in [0.2, 0.25) is 0 Å². The summed E-state index contributed by atoms with van der Waals surface area (Å²) in [6, 6.07) is 53.8. The number of hydrazine groups is 1. The molecule has 0 radical (unpaired) electrons. The van der Waals surface area contributed by atoms with Gasteiger partial charge in [0.15, 0.2) is 0 Å². The Labute approximate surface area is 773 Å². The van der Waals surface area contributed by atoms with E-state index in [0.717, 1.165) is 115 Å². The fraction of sp³-hybridized carbons (Fsp3) is 0.537. The van der Waals surface area contributed by atoms with Gasteiger partial charge in [-0.25, -0.2) is 23.4 Å². The lowest BCUT2D eigenvalue weighted by molar-refractivity contribution is -0.135. The number of carbonyl (C=O) groups excluding carboxylic acids is 2. The summed E-state index contributed by atoms with van der Waals surface area (Å²) in [5, 5.41) is 16.0. The van der Waals surface area contributed by atoms with Gasteiger partial charge in [0.1, 0.15) is 0 Å². The van der Waals surface area contributed by atoms with E-state index in [-0.39, 0.29) is 24.1 Å². The van der Waals surface area contributed by atoms with Gasteiger partial charge < -0.3 is 29.6 Å². The second-order valence-electron chi connectivity index (χ2n) is 40.1. The molecule has 8 aromatic carbocycles. The number of fused-ring (bicyclic) bond motifs is 8. The molecule has 0 fully saturated rings. The number of hydrogen-bond donors (Lipinski definition) is 3. The van der Waals surface area contributed by atoms with Crippen molar-refractivity contribution in [3.63, 3.8) is 0 Å². The molecule has 20 heteroatoms. The average molecular weight is 1790 g/mol. The van der Waals surface area contributed by atoms with Crippen LogP contribution < -0.4 is 11.0 Å². The molecule has 0 atom stereocenters. The molecular weight excluding hydrogens is 1630 g/mol. The van der Waals surface area contributed by atoms with Gasteiger partial charge in [0.25, 0.3) is 10.2 Å². The third-order valence-electron chi connectivity index (χ3n) is 26.8. The van der Waals surface area contributed by atoms with E-state index in [1.165, 1.54) is 148 Å². The van der Waals surface area contributed by atoms with Gasteiger partial charge in [-0.15, -0.1) is 0 Å². The summed E-state index contributed by atoms with van der Waals surface area (Å²) in [5.41, 5.74) is 33.2. The Morgan fingerprint density at radius 2 is 0.664 bits per heavy atom. The van der Waals surface area contributed by atoms with Crippen molar-refractivity contribution in [2.24, 2.45) is 11.0 Å². The van der Waals surface area contributed by atoms with Crippen LogP contribution in [0.3, 0.4) is 0 Å². The van der Waals surface area contributed by atoms with Crippen LogP contribution in [0.4, 0.5) is 4.79 Å². The van der Waals surface area contributed by atoms with E-state index in [1.54, 1.807) is 41.4 Å². The molecule has 0 saturated heterocycles. The van der Waals surface area contributed by atoms with Crippen molar-refractivity contribution in [3.05, 3.63) is 279 Å². The normalized spacial score (nSPS) is 16.8. The molecule has 0 bridgehead atoms. The molecule has 8 heterocycles. The molecular formula is C108H159N11O7S2. The van der Waals surface area contributed by atoms with Gasteiger partial charge in [-0.2, -0.15) is 17.0 Å². The fourth-order valence-electron chi connectivity index (χ4n) is 18.1. The predicted molar refractivity (Wildman–Crippen MR) is 532 cm³/mol. The van der Waals surface area contributed by atoms with Crippen molar-refractivity contribution < 1.29 is 31.5 Å². The first kappa shape index (κ1) is 104. The monoisotopic (exact) mass is 1790 g/mol. The van der Waals surface area contributed by atoms with Crippen molar-refractivity contribution in [1.29, 1.82) is 0 Å². The lowest BCUT2D eigenvalue weighted by Crippen LogP contribution is -2.49. The van der Waals surface area contributed by atoms with Crippen LogP contribution in [-0.2, 0) is 128 Å². The van der Waals surface area contributed by atoms with Gasteiger partial charge in [-0.3, -0.25) is 15.5 Å². The fourth-order valence-corrected chi connectivity index (χ4v) is 19.6. The molecule has 0 aromatic heterocycles. The van der Waals surface area contributed by atoms with E-state index in [0.29, 0.717) is 73.5 Å². The number of aliphatic hydroxyl groups excluding tert-OH is 1. The number of sulfonamides is 1. The van der Waals surface area contributed by atoms with E-state index >= 15 is 0 Å². The van der Waals surface area contributed by atoms with E-state index < -0.39 is 20.2 Å². The van der Waals surface area contributed by atoms with Crippen LogP contribution in [0.25, 0.3) is 0 Å². The highest BCUT2D eigenvalue weighted by molar-refractivity contribution is 7.88. The standard InChI is InChI=1S/C16H23NO.C15H22N2O.C14H21NO.C13H19NO2S.2C13H19N.C12H18N2O2S.C12H18N2/c1-11(2)13-6-7-15-14(10-13)8-9-17(12(3)18)16(15,4)5;1-11(2)12-5-6-14-10-17(15(18)16(3)4)8-7-13(14)9-12;1-11(2)12-3-4-14-10-15(7-8-16)6-5-13(14)9-12;1-10(2)11-4-5-13-9-14(17(3,15)16)7-6-12(13)8-11;2*1-10(2)11-4-5-13-9-14(3)7-6-12(13)8-11;1-9(2)10-3-4-12-8-14(17(13,15)16)6-5-11(12)7-10;1-9(2)10-3-4-12-8-14(13)6-5-11(12)7-10/h6-7,10-11H,8-9H2,1-5H3;5-6,9,11H,7-8,10H2,1-4H3;3-4,9,11,16H,5-8,10H2,1-2H3;4-5,8,10H,6-7,9H2,1-3H3;2*4-5,8,10H,6-7,9H2,1-3H3;3-4,7,9H,5-6,8H2,1-2H3,(H2,13,15,16);3-4,7,9H,5-6,8,13H2,1-2H3. The first-order chi connectivity index (χ1) is 60.3. The van der Waals surface area contributed by atoms with Crippen molar-refractivity contribution >= 4 is 32.2 Å². The van der Waals surface area contributed by atoms with Crippen LogP contribution in [-0.4, -0.2) is 177 Å². The zero-order valence-electron chi connectivity index (χ0n) is 82.5. The Morgan fingerprint density at radius 3 is 1.01 bits per heavy atom. The SMILES string of the molecule is CC(=O)N1CCc2cc(C(C)C)ccc2C1(C)C.CC(C)c1ccc2c(c1)CCN(C(=O)N(C)C)C2.CC(C)c1ccc2c(c1)CCN(C)C2.CC(C)c1ccc2c(c1)CCN(C)C2.CC(C)c1ccc2c(c1)CCN(CCO)C2.CC(C)c1ccc2c(c1)CCN(N)C2.CC(C)c1ccc2c(c1)CCN(S(C)(=O)=O)C2.CC(C)c1ccc2c(c1)CCN(S(N)(=O)=O)C2. The summed E-state index contributed by atoms with van der Waals surface area (Å²) in [6.07, 6.45) is 9.42. The highest BCUT2D eigenvalue weighted by Gasteiger charge is 2.37. The maximum atomic E-state index is 11.9. The zero-order valence-corrected chi connectivity index (χ0v) is 84.2. The number of β-amino-alcohol motifs (C(OH)–C–C–N with tert-alkyl or cyclic N) is 1. The van der Waals surface area contributed by atoms with Gasteiger partial charge in [0.05, 0.1) is 18.4 Å². The molecule has 8 aliphatic rings. The van der Waals surface area contributed by atoms with E-state index in [9.17, 15) is 26.4 Å². The number of likely N-dealkylation sites (N-methyl/N-ethyl adjacent to an activating group) is 2. The minimum atomic E-state index is -3.56. The molecule has 5 N–H and O–H groups in total. The number of urea groups is 1. The molecule has 700 valence electrons. The number of benzene rings is 8. The Hall–Kier alpha value is -7.96. The summed E-state index contributed by atoms with van der Waals surface area (Å²) in [4.78, 5) is 36.3. The minimum absolute atomic E-state index is 0.105. The van der Waals surface area contributed by atoms with Crippen LogP contribution in [0.5, 0.6) is 0 Å². The summed E-state index contributed by atoms with van der Waals surface area (Å²) < 4.78 is 48.4. The predicted octanol–water partition coefficient (Wildman–Crippen LogP) is 19.6. The quantitative estimate of drug-likeness (QED) is 0.0978. The molecule has 0 spiro atoms. The third-order valence-corrected chi connectivity index (χ3v) is 29.1. The summed E-state index contributed by atoms with van der Waals surface area (Å²) in [5.74, 6) is 10.6. The Kier molecular flexibility index (Phi) is 38.0. The number of carbonyl (C=O) groups is 2. The van der Waals surface area contributed by atoms with Crippen LogP contribution in [0.15, 0.2) is 146 Å². The molecule has 18 nitrogen and oxygen atoms in total. The van der Waals surface area contributed by atoms with Crippen molar-refractivity contribution in [2.45, 2.75) is 282 Å². The highest BCUT2D eigenvalue weighted by atomic mass is 32.2.